The van der Waals surface area contributed by atoms with Crippen LogP contribution in [-0.2, 0) is 11.2 Å². The number of anilines is 2. The maximum absolute atomic E-state index is 5.87. The van der Waals surface area contributed by atoms with Crippen molar-refractivity contribution in [1.29, 1.82) is 0 Å². The first-order valence-electron chi connectivity index (χ1n) is 5.93. The van der Waals surface area contributed by atoms with Gasteiger partial charge in [0.25, 0.3) is 0 Å². The van der Waals surface area contributed by atoms with Gasteiger partial charge in [-0.15, -0.1) is 0 Å². The lowest BCUT2D eigenvalue weighted by atomic mass is 10.3. The molecule has 1 aliphatic rings. The van der Waals surface area contributed by atoms with Gasteiger partial charge in [0.2, 0.25) is 0 Å². The van der Waals surface area contributed by atoms with Crippen LogP contribution < -0.4 is 11.2 Å². The van der Waals surface area contributed by atoms with Crippen LogP contribution in [0.3, 0.4) is 0 Å². The molecule has 1 aromatic heterocycles. The minimum Gasteiger partial charge on any atom is -0.383 e. The lowest BCUT2D eigenvalue weighted by Crippen LogP contribution is -2.40. The van der Waals surface area contributed by atoms with Gasteiger partial charge in [-0.25, -0.2) is 15.0 Å². The Morgan fingerprint density at radius 2 is 2.06 bits per heavy atom. The molecule has 17 heavy (non-hydrogen) atoms. The highest BCUT2D eigenvalue weighted by atomic mass is 16.5. The minimum atomic E-state index is 0.549. The second kappa shape index (κ2) is 5.29. The molecule has 1 aliphatic heterocycles. The van der Waals surface area contributed by atoms with Crippen LogP contribution in [0.1, 0.15) is 18.3 Å². The van der Waals surface area contributed by atoms with Crippen molar-refractivity contribution in [2.75, 3.05) is 37.5 Å². The number of aryl methyl sites for hydroxylation is 1. The van der Waals surface area contributed by atoms with E-state index in [0.717, 1.165) is 49.9 Å². The quantitative estimate of drug-likeness (QED) is 0.801. The normalized spacial score (nSPS) is 17.1. The van der Waals surface area contributed by atoms with E-state index < -0.39 is 0 Å². The van der Waals surface area contributed by atoms with Crippen LogP contribution in [-0.4, -0.2) is 41.3 Å². The number of nitrogen functional groups attached to an aromatic ring is 1. The molecule has 2 rings (SSSR count). The summed E-state index contributed by atoms with van der Waals surface area (Å²) < 4.78 is 5.30. The Balaban J connectivity index is 2.15. The van der Waals surface area contributed by atoms with Gasteiger partial charge in [-0.1, -0.05) is 6.92 Å². The van der Waals surface area contributed by atoms with Crippen LogP contribution in [0.15, 0.2) is 0 Å². The number of ether oxygens (including phenoxy) is 1. The molecule has 0 amide bonds. The molecule has 0 radical (unpaired) electrons. The average molecular weight is 237 g/mol. The van der Waals surface area contributed by atoms with Gasteiger partial charge in [0.15, 0.2) is 0 Å². The molecule has 94 valence electrons. The van der Waals surface area contributed by atoms with Crippen molar-refractivity contribution < 1.29 is 4.74 Å². The van der Waals surface area contributed by atoms with Crippen molar-refractivity contribution in [2.45, 2.75) is 20.3 Å². The second-order valence-electron chi connectivity index (χ2n) is 4.06. The zero-order valence-electron chi connectivity index (χ0n) is 10.4. The van der Waals surface area contributed by atoms with E-state index in [1.807, 2.05) is 13.8 Å². The van der Waals surface area contributed by atoms with Gasteiger partial charge in [-0.2, -0.15) is 0 Å². The van der Waals surface area contributed by atoms with Crippen LogP contribution in [0, 0.1) is 6.92 Å². The van der Waals surface area contributed by atoms with E-state index in [2.05, 4.69) is 20.4 Å². The van der Waals surface area contributed by atoms with E-state index in [1.54, 1.807) is 0 Å². The predicted octanol–water partition coefficient (Wildman–Crippen LogP) is 0.589. The number of hydrogen-bond donors (Lipinski definition) is 2. The Labute approximate surface area is 101 Å². The van der Waals surface area contributed by atoms with Crippen LogP contribution in [0.4, 0.5) is 11.6 Å². The van der Waals surface area contributed by atoms with Crippen LogP contribution >= 0.6 is 0 Å². The molecule has 1 fully saturated rings. The molecule has 2 heterocycles. The Morgan fingerprint density at radius 3 is 2.71 bits per heavy atom. The highest BCUT2D eigenvalue weighted by molar-refractivity contribution is 5.54. The molecule has 0 atom stereocenters. The molecular weight excluding hydrogens is 218 g/mol. The molecule has 1 saturated heterocycles. The molecule has 0 aliphatic carbocycles. The van der Waals surface area contributed by atoms with Gasteiger partial charge in [0, 0.05) is 25.1 Å². The zero-order chi connectivity index (χ0) is 12.3. The molecular formula is C11H19N5O. The first kappa shape index (κ1) is 12.1. The molecule has 1 aromatic rings. The summed E-state index contributed by atoms with van der Waals surface area (Å²) in [5.41, 5.74) is 10.1. The maximum atomic E-state index is 5.87. The Morgan fingerprint density at radius 1 is 1.35 bits per heavy atom. The number of hydrazine groups is 1. The van der Waals surface area contributed by atoms with Gasteiger partial charge in [0.1, 0.15) is 17.5 Å². The minimum absolute atomic E-state index is 0.549. The fourth-order valence-corrected chi connectivity index (χ4v) is 1.67. The molecule has 0 bridgehead atoms. The molecule has 3 N–H and O–H groups in total. The number of aromatic nitrogens is 2. The Hall–Kier alpha value is -1.40. The lowest BCUT2D eigenvalue weighted by Gasteiger charge is -2.28. The van der Waals surface area contributed by atoms with Crippen molar-refractivity contribution in [3.8, 4) is 0 Å². The number of nitrogens with one attached hydrogen (secondary N) is 1. The smallest absolute Gasteiger partial charge is 0.149 e. The van der Waals surface area contributed by atoms with Crippen LogP contribution in [0.5, 0.6) is 0 Å². The number of nitrogens with zero attached hydrogens (tertiary/aromatic N) is 3. The molecule has 0 unspecified atom stereocenters. The fourth-order valence-electron chi connectivity index (χ4n) is 1.67. The standard InChI is InChI=1S/C11H19N5O/c1-3-9-13-10(12)8(2)11(14-9)15-16-4-6-17-7-5-16/h3-7H2,1-2H3,(H3,12,13,14,15). The maximum Gasteiger partial charge on any atom is 0.149 e. The third-order valence-corrected chi connectivity index (χ3v) is 2.82. The first-order valence-corrected chi connectivity index (χ1v) is 5.93. The number of rotatable bonds is 3. The summed E-state index contributed by atoms with van der Waals surface area (Å²) in [5, 5.41) is 2.09. The van der Waals surface area contributed by atoms with Crippen molar-refractivity contribution >= 4 is 11.6 Å². The summed E-state index contributed by atoms with van der Waals surface area (Å²) in [5.74, 6) is 2.12. The summed E-state index contributed by atoms with van der Waals surface area (Å²) in [6.45, 7) is 7.14. The second-order valence-corrected chi connectivity index (χ2v) is 4.06. The monoisotopic (exact) mass is 237 g/mol. The Bertz CT molecular complexity index is 390. The lowest BCUT2D eigenvalue weighted by molar-refractivity contribution is 0.0494. The van der Waals surface area contributed by atoms with E-state index >= 15 is 0 Å². The van der Waals surface area contributed by atoms with E-state index in [0.29, 0.717) is 5.82 Å². The highest BCUT2D eigenvalue weighted by Crippen LogP contribution is 2.18. The summed E-state index contributed by atoms with van der Waals surface area (Å²) >= 11 is 0. The largest absolute Gasteiger partial charge is 0.383 e. The molecule has 6 nitrogen and oxygen atoms in total. The van der Waals surface area contributed by atoms with E-state index in [-0.39, 0.29) is 0 Å². The van der Waals surface area contributed by atoms with Gasteiger partial charge in [-0.3, -0.25) is 0 Å². The number of morpholine rings is 1. The van der Waals surface area contributed by atoms with Crippen molar-refractivity contribution in [3.63, 3.8) is 0 Å². The van der Waals surface area contributed by atoms with Gasteiger partial charge in [0.05, 0.1) is 13.2 Å². The molecule has 0 saturated carbocycles. The van der Waals surface area contributed by atoms with E-state index in [1.165, 1.54) is 0 Å². The fraction of sp³-hybridized carbons (Fsp3) is 0.636. The van der Waals surface area contributed by atoms with Crippen LogP contribution in [0.25, 0.3) is 0 Å². The van der Waals surface area contributed by atoms with E-state index in [9.17, 15) is 0 Å². The molecule has 6 heteroatoms. The van der Waals surface area contributed by atoms with Gasteiger partial charge < -0.3 is 15.9 Å². The third kappa shape index (κ3) is 2.83. The van der Waals surface area contributed by atoms with Gasteiger partial charge >= 0.3 is 0 Å². The number of hydrogen-bond acceptors (Lipinski definition) is 6. The topological polar surface area (TPSA) is 76.3 Å². The van der Waals surface area contributed by atoms with Gasteiger partial charge in [-0.05, 0) is 6.92 Å². The Kier molecular flexibility index (Phi) is 3.75. The van der Waals surface area contributed by atoms with Crippen LogP contribution in [0.2, 0.25) is 0 Å². The summed E-state index contributed by atoms with van der Waals surface area (Å²) in [7, 11) is 0. The SMILES string of the molecule is CCc1nc(N)c(C)c(NN2CCOCC2)n1. The predicted molar refractivity (Wildman–Crippen MR) is 66.6 cm³/mol. The van der Waals surface area contributed by atoms with Crippen molar-refractivity contribution in [1.82, 2.24) is 15.0 Å². The first-order chi connectivity index (χ1) is 8.20. The highest BCUT2D eigenvalue weighted by Gasteiger charge is 2.14. The van der Waals surface area contributed by atoms with Crippen molar-refractivity contribution in [3.05, 3.63) is 11.4 Å². The number of nitrogens with two attached hydrogens (primary N) is 1. The third-order valence-electron chi connectivity index (χ3n) is 2.82. The summed E-state index contributed by atoms with van der Waals surface area (Å²) in [6.07, 6.45) is 0.780. The average Bonchev–Trinajstić information content (AvgIpc) is 2.36. The summed E-state index contributed by atoms with van der Waals surface area (Å²) in [4.78, 5) is 8.69. The molecule has 0 aromatic carbocycles. The van der Waals surface area contributed by atoms with Crippen molar-refractivity contribution in [2.24, 2.45) is 0 Å². The zero-order valence-corrected chi connectivity index (χ0v) is 10.4. The molecule has 0 spiro atoms. The summed E-state index contributed by atoms with van der Waals surface area (Å²) in [6, 6.07) is 0. The van der Waals surface area contributed by atoms with E-state index in [4.69, 9.17) is 10.5 Å².